The zero-order valence-corrected chi connectivity index (χ0v) is 19.2. The van der Waals surface area contributed by atoms with E-state index in [1.807, 2.05) is 6.07 Å². The first-order chi connectivity index (χ1) is 17.4. The Morgan fingerprint density at radius 1 is 0.757 bits per heavy atom. The zero-order chi connectivity index (χ0) is 26.3. The largest absolute Gasteiger partial charge is 0.433 e. The van der Waals surface area contributed by atoms with Crippen LogP contribution in [0.4, 0.5) is 26.3 Å². The van der Waals surface area contributed by atoms with Gasteiger partial charge in [0.05, 0.1) is 5.56 Å². The third-order valence-electron chi connectivity index (χ3n) is 6.32. The molecule has 0 unspecified atom stereocenters. The quantitative estimate of drug-likeness (QED) is 0.249. The third kappa shape index (κ3) is 3.46. The number of fused-ring (bicyclic) bond motifs is 3. The van der Waals surface area contributed by atoms with Gasteiger partial charge in [-0.15, -0.1) is 0 Å². The van der Waals surface area contributed by atoms with Crippen LogP contribution >= 0.6 is 0 Å². The lowest BCUT2D eigenvalue weighted by molar-refractivity contribution is -0.148. The van der Waals surface area contributed by atoms with Gasteiger partial charge >= 0.3 is 12.4 Å². The van der Waals surface area contributed by atoms with E-state index in [9.17, 15) is 26.3 Å². The Hall–Kier alpha value is -4.35. The summed E-state index contributed by atoms with van der Waals surface area (Å²) >= 11 is 0. The molecule has 0 fully saturated rings. The summed E-state index contributed by atoms with van der Waals surface area (Å²) in [5, 5.41) is 5.46. The fraction of sp³-hybridized carbons (Fsp3) is 0.160. The Kier molecular flexibility index (Phi) is 4.72. The molecule has 6 rings (SSSR count). The molecule has 5 heterocycles. The second-order valence-electron chi connectivity index (χ2n) is 8.68. The number of rotatable bonds is 2. The summed E-state index contributed by atoms with van der Waals surface area (Å²) in [6.07, 6.45) is -5.36. The molecule has 0 bridgehead atoms. The summed E-state index contributed by atoms with van der Waals surface area (Å²) in [5.41, 5.74) is -1.55. The van der Waals surface area contributed by atoms with E-state index in [4.69, 9.17) is 0 Å². The van der Waals surface area contributed by atoms with Crippen molar-refractivity contribution in [1.82, 2.24) is 28.7 Å². The van der Waals surface area contributed by atoms with E-state index in [1.54, 1.807) is 72.2 Å². The van der Waals surface area contributed by atoms with Gasteiger partial charge in [-0.05, 0) is 24.3 Å². The number of hydrogen-bond acceptors (Lipinski definition) is 3. The van der Waals surface area contributed by atoms with Crippen molar-refractivity contribution in [3.63, 3.8) is 0 Å². The number of aryl methyl sites for hydroxylation is 2. The zero-order valence-electron chi connectivity index (χ0n) is 19.2. The van der Waals surface area contributed by atoms with Crippen LogP contribution in [0.15, 0.2) is 61.1 Å². The molecule has 0 spiro atoms. The lowest BCUT2D eigenvalue weighted by Gasteiger charge is -2.12. The average molecular weight is 514 g/mol. The number of hydrogen-bond donors (Lipinski definition) is 0. The SMILES string of the molecule is Cn1cc(-c2c(-c3cn(C)c4ncccc34)nn3c(C(F)(F)F)cc(C(F)(F)F)nc23)c2ccccc21. The van der Waals surface area contributed by atoms with Crippen LogP contribution in [-0.2, 0) is 26.4 Å². The molecule has 12 heteroatoms. The lowest BCUT2D eigenvalue weighted by Crippen LogP contribution is -2.18. The molecule has 6 aromatic rings. The monoisotopic (exact) mass is 514 g/mol. The maximum atomic E-state index is 14.1. The number of nitrogens with zero attached hydrogens (tertiary/aromatic N) is 6. The highest BCUT2D eigenvalue weighted by atomic mass is 19.4. The molecular formula is C25H16F6N6. The third-order valence-corrected chi connectivity index (χ3v) is 6.32. The Bertz CT molecular complexity index is 1840. The predicted octanol–water partition coefficient (Wildman–Crippen LogP) is 6.48. The van der Waals surface area contributed by atoms with Gasteiger partial charge in [0.1, 0.15) is 17.0 Å². The van der Waals surface area contributed by atoms with E-state index >= 15 is 0 Å². The van der Waals surface area contributed by atoms with Crippen molar-refractivity contribution >= 4 is 27.6 Å². The maximum Gasteiger partial charge on any atom is 0.433 e. The Labute approximate surface area is 204 Å². The van der Waals surface area contributed by atoms with Crippen molar-refractivity contribution in [2.24, 2.45) is 14.1 Å². The molecule has 37 heavy (non-hydrogen) atoms. The number of pyridine rings is 1. The molecule has 0 aliphatic carbocycles. The molecule has 6 nitrogen and oxygen atoms in total. The van der Waals surface area contributed by atoms with E-state index in [-0.39, 0.29) is 17.3 Å². The summed E-state index contributed by atoms with van der Waals surface area (Å²) < 4.78 is 87.3. The van der Waals surface area contributed by atoms with Crippen molar-refractivity contribution < 1.29 is 26.3 Å². The van der Waals surface area contributed by atoms with Crippen LogP contribution in [0.2, 0.25) is 0 Å². The molecule has 0 atom stereocenters. The summed E-state index contributed by atoms with van der Waals surface area (Å²) in [7, 11) is 3.46. The minimum atomic E-state index is -5.12. The highest BCUT2D eigenvalue weighted by molar-refractivity contribution is 6.07. The van der Waals surface area contributed by atoms with Gasteiger partial charge in [0.25, 0.3) is 0 Å². The topological polar surface area (TPSA) is 52.9 Å². The number of aromatic nitrogens is 6. The minimum Gasteiger partial charge on any atom is -0.350 e. The van der Waals surface area contributed by atoms with E-state index in [1.165, 1.54) is 0 Å². The number of benzene rings is 1. The average Bonchev–Trinajstić information content (AvgIpc) is 3.48. The summed E-state index contributed by atoms with van der Waals surface area (Å²) in [6.45, 7) is 0. The molecule has 0 aliphatic rings. The predicted molar refractivity (Wildman–Crippen MR) is 125 cm³/mol. The standard InChI is InChI=1S/C25H16F6N6/c1-35-11-15(13-6-3-4-8-17(13)35)20-21(16-12-36(2)22-14(16)7-5-9-32-22)34-37-19(25(29,30)31)10-18(24(26,27)28)33-23(20)37/h3-12H,1-2H3. The highest BCUT2D eigenvalue weighted by Crippen LogP contribution is 2.44. The van der Waals surface area contributed by atoms with Crippen molar-refractivity contribution in [3.05, 3.63) is 72.4 Å². The Morgan fingerprint density at radius 2 is 1.46 bits per heavy atom. The normalized spacial score (nSPS) is 12.9. The van der Waals surface area contributed by atoms with Crippen LogP contribution < -0.4 is 0 Å². The number of alkyl halides is 6. The molecule has 5 aromatic heterocycles. The van der Waals surface area contributed by atoms with Crippen molar-refractivity contribution in [1.29, 1.82) is 0 Å². The van der Waals surface area contributed by atoms with Crippen LogP contribution in [0.25, 0.3) is 50.0 Å². The first-order valence-electron chi connectivity index (χ1n) is 11.0. The first-order valence-corrected chi connectivity index (χ1v) is 11.0. The smallest absolute Gasteiger partial charge is 0.350 e. The van der Waals surface area contributed by atoms with E-state index in [0.717, 1.165) is 5.52 Å². The fourth-order valence-corrected chi connectivity index (χ4v) is 4.74. The molecule has 0 radical (unpaired) electrons. The van der Waals surface area contributed by atoms with Gasteiger partial charge in [0.15, 0.2) is 11.3 Å². The number of halogens is 6. The molecule has 1 aromatic carbocycles. The molecule has 0 aliphatic heterocycles. The van der Waals surface area contributed by atoms with E-state index < -0.39 is 29.4 Å². The second kappa shape index (κ2) is 7.58. The molecule has 0 saturated carbocycles. The van der Waals surface area contributed by atoms with Gasteiger partial charge in [0.2, 0.25) is 0 Å². The number of para-hydroxylation sites is 1. The first kappa shape index (κ1) is 23.1. The van der Waals surface area contributed by atoms with Gasteiger partial charge in [-0.2, -0.15) is 31.4 Å². The fourth-order valence-electron chi connectivity index (χ4n) is 4.74. The summed E-state index contributed by atoms with van der Waals surface area (Å²) in [5.74, 6) is 0. The maximum absolute atomic E-state index is 14.1. The second-order valence-corrected chi connectivity index (χ2v) is 8.68. The van der Waals surface area contributed by atoms with Gasteiger partial charge in [-0.25, -0.2) is 14.5 Å². The molecule has 0 saturated heterocycles. The van der Waals surface area contributed by atoms with Crippen molar-refractivity contribution in [3.8, 4) is 22.4 Å². The lowest BCUT2D eigenvalue weighted by atomic mass is 10.0. The van der Waals surface area contributed by atoms with Crippen LogP contribution in [0.3, 0.4) is 0 Å². The van der Waals surface area contributed by atoms with Gasteiger partial charge in [0, 0.05) is 60.1 Å². The van der Waals surface area contributed by atoms with E-state index in [2.05, 4.69) is 15.1 Å². The van der Waals surface area contributed by atoms with Crippen LogP contribution in [0, 0.1) is 0 Å². The van der Waals surface area contributed by atoms with Gasteiger partial charge in [-0.3, -0.25) is 0 Å². The van der Waals surface area contributed by atoms with Crippen LogP contribution in [-0.4, -0.2) is 28.7 Å². The van der Waals surface area contributed by atoms with E-state index in [0.29, 0.717) is 32.1 Å². The summed E-state index contributed by atoms with van der Waals surface area (Å²) in [4.78, 5) is 8.01. The van der Waals surface area contributed by atoms with Gasteiger partial charge in [-0.1, -0.05) is 18.2 Å². The van der Waals surface area contributed by atoms with Crippen LogP contribution in [0.1, 0.15) is 11.4 Å². The van der Waals surface area contributed by atoms with Crippen molar-refractivity contribution in [2.45, 2.75) is 12.4 Å². The van der Waals surface area contributed by atoms with Gasteiger partial charge < -0.3 is 9.13 Å². The van der Waals surface area contributed by atoms with Crippen LogP contribution in [0.5, 0.6) is 0 Å². The molecule has 0 N–H and O–H groups in total. The molecule has 188 valence electrons. The Morgan fingerprint density at radius 3 is 2.19 bits per heavy atom. The summed E-state index contributed by atoms with van der Waals surface area (Å²) in [6, 6.07) is 10.5. The molecular weight excluding hydrogens is 498 g/mol. The minimum absolute atomic E-state index is 0.0126. The Balaban J connectivity index is 1.83. The highest BCUT2D eigenvalue weighted by Gasteiger charge is 2.41. The molecule has 0 amide bonds. The van der Waals surface area contributed by atoms with Crippen molar-refractivity contribution in [2.75, 3.05) is 0 Å².